The lowest BCUT2D eigenvalue weighted by atomic mass is 10.2. The van der Waals surface area contributed by atoms with Crippen LogP contribution in [-0.2, 0) is 11.2 Å². The molecule has 1 heterocycles. The maximum Gasteiger partial charge on any atom is 0.257 e. The van der Waals surface area contributed by atoms with Gasteiger partial charge in [0.15, 0.2) is 6.61 Å². The zero-order valence-corrected chi connectivity index (χ0v) is 12.5. The van der Waals surface area contributed by atoms with Crippen LogP contribution in [0.5, 0.6) is 5.75 Å². The van der Waals surface area contributed by atoms with Gasteiger partial charge in [-0.2, -0.15) is 5.10 Å². The summed E-state index contributed by atoms with van der Waals surface area (Å²) in [5.41, 5.74) is 0.918. The smallest absolute Gasteiger partial charge is 0.257 e. The fourth-order valence-electron chi connectivity index (χ4n) is 1.74. The highest BCUT2D eigenvalue weighted by molar-refractivity contribution is 6.31. The first-order valence-corrected chi connectivity index (χ1v) is 7.03. The zero-order chi connectivity index (χ0) is 15.1. The van der Waals surface area contributed by atoms with Gasteiger partial charge in [-0.05, 0) is 37.1 Å². The second-order valence-corrected chi connectivity index (χ2v) is 4.99. The van der Waals surface area contributed by atoms with Crippen LogP contribution in [0.3, 0.4) is 0 Å². The summed E-state index contributed by atoms with van der Waals surface area (Å²) in [6.07, 6.45) is 3.01. The number of nitrogens with zero attached hydrogens (tertiary/aromatic N) is 2. The molecule has 0 atom stereocenters. The van der Waals surface area contributed by atoms with E-state index in [9.17, 15) is 4.79 Å². The van der Waals surface area contributed by atoms with Crippen molar-refractivity contribution in [1.29, 1.82) is 0 Å². The van der Waals surface area contributed by atoms with E-state index in [1.54, 1.807) is 18.2 Å². The second-order valence-electron chi connectivity index (χ2n) is 4.59. The number of aromatic nitrogens is 3. The molecule has 6 nitrogen and oxygen atoms in total. The maximum absolute atomic E-state index is 11.6. The van der Waals surface area contributed by atoms with Gasteiger partial charge in [0.2, 0.25) is 0 Å². The predicted octanol–water partition coefficient (Wildman–Crippen LogP) is 1.89. The summed E-state index contributed by atoms with van der Waals surface area (Å²) in [6.45, 7) is 2.45. The number of hydrogen-bond acceptors (Lipinski definition) is 4. The largest absolute Gasteiger partial charge is 0.484 e. The molecule has 7 heteroatoms. The number of nitrogens with one attached hydrogen (secondary N) is 2. The van der Waals surface area contributed by atoms with E-state index < -0.39 is 0 Å². The zero-order valence-electron chi connectivity index (χ0n) is 11.7. The number of carbonyl (C=O) groups excluding carboxylic acids is 1. The lowest BCUT2D eigenvalue weighted by Crippen LogP contribution is -2.30. The molecule has 0 bridgehead atoms. The summed E-state index contributed by atoms with van der Waals surface area (Å²) >= 11 is 5.92. The molecule has 0 aliphatic carbocycles. The summed E-state index contributed by atoms with van der Waals surface area (Å²) in [6, 6.07) is 5.30. The second kappa shape index (κ2) is 7.64. The third-order valence-electron chi connectivity index (χ3n) is 2.88. The van der Waals surface area contributed by atoms with Gasteiger partial charge in [0.1, 0.15) is 17.9 Å². The van der Waals surface area contributed by atoms with Crippen molar-refractivity contribution in [2.75, 3.05) is 13.2 Å². The molecule has 0 fully saturated rings. The standard InChI is InChI=1S/C14H17ClN4O2/c1-10-7-11(4-5-12(10)15)21-8-14(20)16-6-2-3-13-17-9-18-19-13/h4-5,7,9H,2-3,6,8H2,1H3,(H,16,20)(H,17,18,19). The monoisotopic (exact) mass is 308 g/mol. The van der Waals surface area contributed by atoms with Gasteiger partial charge in [-0.3, -0.25) is 9.89 Å². The number of amides is 1. The summed E-state index contributed by atoms with van der Waals surface area (Å²) in [4.78, 5) is 15.6. The topological polar surface area (TPSA) is 79.9 Å². The number of hydrogen-bond donors (Lipinski definition) is 2. The van der Waals surface area contributed by atoms with Crippen molar-refractivity contribution in [3.8, 4) is 5.75 Å². The van der Waals surface area contributed by atoms with Crippen LogP contribution in [-0.4, -0.2) is 34.2 Å². The van der Waals surface area contributed by atoms with Crippen molar-refractivity contribution < 1.29 is 9.53 Å². The molecule has 2 aromatic rings. The molecule has 21 heavy (non-hydrogen) atoms. The number of aryl methyl sites for hydroxylation is 2. The Bertz CT molecular complexity index is 587. The molecule has 1 amide bonds. The first-order chi connectivity index (χ1) is 10.1. The van der Waals surface area contributed by atoms with Gasteiger partial charge in [0, 0.05) is 18.0 Å². The summed E-state index contributed by atoms with van der Waals surface area (Å²) < 4.78 is 5.41. The van der Waals surface area contributed by atoms with Gasteiger partial charge in [0.05, 0.1) is 0 Å². The van der Waals surface area contributed by atoms with Crippen LogP contribution in [0.2, 0.25) is 5.02 Å². The summed E-state index contributed by atoms with van der Waals surface area (Å²) in [7, 11) is 0. The van der Waals surface area contributed by atoms with Crippen molar-refractivity contribution in [2.24, 2.45) is 0 Å². The Morgan fingerprint density at radius 2 is 2.33 bits per heavy atom. The molecule has 0 spiro atoms. The fourth-order valence-corrected chi connectivity index (χ4v) is 1.86. The molecule has 0 aliphatic heterocycles. The van der Waals surface area contributed by atoms with Gasteiger partial charge >= 0.3 is 0 Å². The Labute approximate surface area is 127 Å². The molecule has 2 rings (SSSR count). The molecule has 0 saturated heterocycles. The minimum atomic E-state index is -0.153. The van der Waals surface area contributed by atoms with E-state index in [4.69, 9.17) is 16.3 Å². The first-order valence-electron chi connectivity index (χ1n) is 6.65. The molecular formula is C14H17ClN4O2. The molecule has 0 saturated carbocycles. The third kappa shape index (κ3) is 5.07. The highest BCUT2D eigenvalue weighted by atomic mass is 35.5. The van der Waals surface area contributed by atoms with Crippen LogP contribution in [0.25, 0.3) is 0 Å². The third-order valence-corrected chi connectivity index (χ3v) is 3.30. The van der Waals surface area contributed by atoms with E-state index in [0.29, 0.717) is 17.3 Å². The van der Waals surface area contributed by atoms with Crippen molar-refractivity contribution in [2.45, 2.75) is 19.8 Å². The van der Waals surface area contributed by atoms with E-state index >= 15 is 0 Å². The number of aromatic amines is 1. The number of H-pyrrole nitrogens is 1. The Morgan fingerprint density at radius 1 is 1.48 bits per heavy atom. The van der Waals surface area contributed by atoms with Gasteiger partial charge in [-0.15, -0.1) is 0 Å². The molecule has 0 unspecified atom stereocenters. The van der Waals surface area contributed by atoms with Crippen molar-refractivity contribution >= 4 is 17.5 Å². The van der Waals surface area contributed by atoms with E-state index in [1.165, 1.54) is 6.33 Å². The molecule has 0 radical (unpaired) electrons. The lowest BCUT2D eigenvalue weighted by molar-refractivity contribution is -0.123. The Kier molecular flexibility index (Phi) is 5.57. The van der Waals surface area contributed by atoms with Crippen LogP contribution < -0.4 is 10.1 Å². The van der Waals surface area contributed by atoms with Gasteiger partial charge in [-0.1, -0.05) is 11.6 Å². The Balaban J connectivity index is 1.64. The van der Waals surface area contributed by atoms with E-state index in [-0.39, 0.29) is 12.5 Å². The van der Waals surface area contributed by atoms with E-state index in [0.717, 1.165) is 24.2 Å². The number of rotatable bonds is 7. The number of benzene rings is 1. The lowest BCUT2D eigenvalue weighted by Gasteiger charge is -2.08. The van der Waals surface area contributed by atoms with Gasteiger partial charge < -0.3 is 10.1 Å². The summed E-state index contributed by atoms with van der Waals surface area (Å²) in [5, 5.41) is 10.0. The van der Waals surface area contributed by atoms with Crippen molar-refractivity contribution in [3.05, 3.63) is 40.9 Å². The predicted molar refractivity (Wildman–Crippen MR) is 79.4 cm³/mol. The molecule has 112 valence electrons. The van der Waals surface area contributed by atoms with Crippen LogP contribution in [0, 0.1) is 6.92 Å². The van der Waals surface area contributed by atoms with E-state index in [2.05, 4.69) is 20.5 Å². The van der Waals surface area contributed by atoms with Gasteiger partial charge in [0.25, 0.3) is 5.91 Å². The Hall–Kier alpha value is -2.08. The highest BCUT2D eigenvalue weighted by Crippen LogP contribution is 2.20. The van der Waals surface area contributed by atoms with Crippen LogP contribution >= 0.6 is 11.6 Å². The fraction of sp³-hybridized carbons (Fsp3) is 0.357. The molecule has 1 aromatic heterocycles. The normalized spacial score (nSPS) is 10.4. The first kappa shape index (κ1) is 15.3. The SMILES string of the molecule is Cc1cc(OCC(=O)NCCCc2ncn[nH]2)ccc1Cl. The maximum atomic E-state index is 11.6. The summed E-state index contributed by atoms with van der Waals surface area (Å²) in [5.74, 6) is 1.30. The van der Waals surface area contributed by atoms with Crippen LogP contribution in [0.15, 0.2) is 24.5 Å². The number of ether oxygens (including phenoxy) is 1. The number of halogens is 1. The minimum absolute atomic E-state index is 0.0105. The van der Waals surface area contributed by atoms with Crippen molar-refractivity contribution in [1.82, 2.24) is 20.5 Å². The van der Waals surface area contributed by atoms with Gasteiger partial charge in [-0.25, -0.2) is 4.98 Å². The van der Waals surface area contributed by atoms with Crippen LogP contribution in [0.4, 0.5) is 0 Å². The molecular weight excluding hydrogens is 292 g/mol. The molecule has 2 N–H and O–H groups in total. The highest BCUT2D eigenvalue weighted by Gasteiger charge is 2.04. The number of carbonyl (C=O) groups is 1. The average Bonchev–Trinajstić information content (AvgIpc) is 2.98. The minimum Gasteiger partial charge on any atom is -0.484 e. The average molecular weight is 309 g/mol. The van der Waals surface area contributed by atoms with Crippen LogP contribution in [0.1, 0.15) is 17.8 Å². The quantitative estimate of drug-likeness (QED) is 0.766. The molecule has 0 aliphatic rings. The van der Waals surface area contributed by atoms with E-state index in [1.807, 2.05) is 6.92 Å². The van der Waals surface area contributed by atoms with Crippen molar-refractivity contribution in [3.63, 3.8) is 0 Å². The molecule has 1 aromatic carbocycles. The Morgan fingerprint density at radius 3 is 3.05 bits per heavy atom.